The number of oxazole rings is 1. The van der Waals surface area contributed by atoms with Crippen LogP contribution in [0.2, 0.25) is 0 Å². The Kier molecular flexibility index (Phi) is 4.18. The van der Waals surface area contributed by atoms with E-state index in [1.165, 1.54) is 25.8 Å². The fourth-order valence-corrected chi connectivity index (χ4v) is 2.66. The lowest BCUT2D eigenvalue weighted by atomic mass is 9.98. The Labute approximate surface area is 103 Å². The lowest BCUT2D eigenvalue weighted by molar-refractivity contribution is 0.107. The van der Waals surface area contributed by atoms with E-state index in [1.807, 2.05) is 0 Å². The standard InChI is InChI=1S/C13H23N3O/c1-10(2)16-6-4-3-5-12(16)7-13-15-11(8-14)9-17-13/h9-10,12H,3-8,14H2,1-2H3. The zero-order valence-electron chi connectivity index (χ0n) is 10.9. The molecule has 1 aliphatic rings. The van der Waals surface area contributed by atoms with Crippen LogP contribution in [0.1, 0.15) is 44.7 Å². The van der Waals surface area contributed by atoms with Gasteiger partial charge in [0, 0.05) is 25.0 Å². The van der Waals surface area contributed by atoms with Crippen LogP contribution in [0.3, 0.4) is 0 Å². The molecule has 96 valence electrons. The largest absolute Gasteiger partial charge is 0.449 e. The third-order valence-corrected chi connectivity index (χ3v) is 3.55. The number of rotatable bonds is 4. The van der Waals surface area contributed by atoms with Gasteiger partial charge in [-0.05, 0) is 33.2 Å². The number of nitrogens with two attached hydrogens (primary N) is 1. The molecule has 2 heterocycles. The molecule has 0 aromatic carbocycles. The van der Waals surface area contributed by atoms with E-state index in [1.54, 1.807) is 6.26 Å². The van der Waals surface area contributed by atoms with E-state index in [0.717, 1.165) is 18.0 Å². The van der Waals surface area contributed by atoms with Gasteiger partial charge in [0.2, 0.25) is 0 Å². The van der Waals surface area contributed by atoms with Crippen LogP contribution in [-0.4, -0.2) is 28.5 Å². The SMILES string of the molecule is CC(C)N1CCCCC1Cc1nc(CN)co1. The zero-order valence-corrected chi connectivity index (χ0v) is 10.9. The number of hydrogen-bond donors (Lipinski definition) is 1. The van der Waals surface area contributed by atoms with Crippen LogP contribution >= 0.6 is 0 Å². The Balaban J connectivity index is 2.00. The topological polar surface area (TPSA) is 55.3 Å². The van der Waals surface area contributed by atoms with Crippen molar-refractivity contribution in [2.24, 2.45) is 5.73 Å². The maximum absolute atomic E-state index is 5.54. The van der Waals surface area contributed by atoms with Crippen LogP contribution in [-0.2, 0) is 13.0 Å². The van der Waals surface area contributed by atoms with Gasteiger partial charge in [0.15, 0.2) is 5.89 Å². The van der Waals surface area contributed by atoms with Crippen LogP contribution in [0.4, 0.5) is 0 Å². The van der Waals surface area contributed by atoms with E-state index < -0.39 is 0 Å². The van der Waals surface area contributed by atoms with E-state index in [-0.39, 0.29) is 0 Å². The van der Waals surface area contributed by atoms with Crippen molar-refractivity contribution < 1.29 is 4.42 Å². The summed E-state index contributed by atoms with van der Waals surface area (Å²) in [6.45, 7) is 6.19. The van der Waals surface area contributed by atoms with Gasteiger partial charge in [-0.25, -0.2) is 4.98 Å². The Hall–Kier alpha value is -0.870. The second kappa shape index (κ2) is 5.65. The number of aromatic nitrogens is 1. The van der Waals surface area contributed by atoms with Gasteiger partial charge in [-0.15, -0.1) is 0 Å². The Morgan fingerprint density at radius 1 is 1.53 bits per heavy atom. The van der Waals surface area contributed by atoms with Crippen LogP contribution < -0.4 is 5.73 Å². The van der Waals surface area contributed by atoms with Crippen molar-refractivity contribution in [3.05, 3.63) is 17.8 Å². The monoisotopic (exact) mass is 237 g/mol. The van der Waals surface area contributed by atoms with Crippen LogP contribution in [0.25, 0.3) is 0 Å². The molecule has 4 nitrogen and oxygen atoms in total. The highest BCUT2D eigenvalue weighted by atomic mass is 16.3. The normalized spacial score (nSPS) is 22.2. The van der Waals surface area contributed by atoms with E-state index in [2.05, 4.69) is 23.7 Å². The molecule has 1 aliphatic heterocycles. The maximum atomic E-state index is 5.54. The summed E-state index contributed by atoms with van der Waals surface area (Å²) in [4.78, 5) is 6.96. The summed E-state index contributed by atoms with van der Waals surface area (Å²) in [5.41, 5.74) is 6.39. The van der Waals surface area contributed by atoms with Gasteiger partial charge in [-0.1, -0.05) is 6.42 Å². The van der Waals surface area contributed by atoms with Gasteiger partial charge in [0.1, 0.15) is 6.26 Å². The molecule has 1 saturated heterocycles. The van der Waals surface area contributed by atoms with E-state index >= 15 is 0 Å². The molecule has 17 heavy (non-hydrogen) atoms. The van der Waals surface area contributed by atoms with Crippen molar-refractivity contribution in [2.45, 2.75) is 58.2 Å². The van der Waals surface area contributed by atoms with Crippen LogP contribution in [0, 0.1) is 0 Å². The molecule has 2 N–H and O–H groups in total. The van der Waals surface area contributed by atoms with E-state index in [0.29, 0.717) is 18.6 Å². The average molecular weight is 237 g/mol. The quantitative estimate of drug-likeness (QED) is 0.869. The second-order valence-corrected chi connectivity index (χ2v) is 5.12. The molecule has 0 saturated carbocycles. The van der Waals surface area contributed by atoms with Gasteiger partial charge in [-0.2, -0.15) is 0 Å². The summed E-state index contributed by atoms with van der Waals surface area (Å²) in [7, 11) is 0. The minimum atomic E-state index is 0.460. The van der Waals surface area contributed by atoms with Crippen molar-refractivity contribution in [1.82, 2.24) is 9.88 Å². The number of piperidine rings is 1. The number of hydrogen-bond acceptors (Lipinski definition) is 4. The van der Waals surface area contributed by atoms with Gasteiger partial charge in [0.25, 0.3) is 0 Å². The predicted molar refractivity (Wildman–Crippen MR) is 67.6 cm³/mol. The fourth-order valence-electron chi connectivity index (χ4n) is 2.66. The van der Waals surface area contributed by atoms with Crippen molar-refractivity contribution >= 4 is 0 Å². The lowest BCUT2D eigenvalue weighted by Gasteiger charge is -2.38. The minimum absolute atomic E-state index is 0.460. The summed E-state index contributed by atoms with van der Waals surface area (Å²) in [6, 6.07) is 1.18. The zero-order chi connectivity index (χ0) is 12.3. The molecule has 0 amide bonds. The van der Waals surface area contributed by atoms with Crippen molar-refractivity contribution in [1.29, 1.82) is 0 Å². The highest BCUT2D eigenvalue weighted by molar-refractivity contribution is 4.98. The summed E-state index contributed by atoms with van der Waals surface area (Å²) >= 11 is 0. The first kappa shape index (κ1) is 12.6. The highest BCUT2D eigenvalue weighted by Gasteiger charge is 2.25. The van der Waals surface area contributed by atoms with E-state index in [9.17, 15) is 0 Å². The molecule has 0 bridgehead atoms. The molecule has 1 fully saturated rings. The van der Waals surface area contributed by atoms with Crippen molar-refractivity contribution in [2.75, 3.05) is 6.54 Å². The third kappa shape index (κ3) is 3.07. The average Bonchev–Trinajstić information content (AvgIpc) is 2.77. The molecule has 1 atom stereocenters. The van der Waals surface area contributed by atoms with Gasteiger partial charge in [0.05, 0.1) is 5.69 Å². The van der Waals surface area contributed by atoms with E-state index in [4.69, 9.17) is 10.2 Å². The first-order chi connectivity index (χ1) is 8.20. The molecule has 1 aromatic rings. The van der Waals surface area contributed by atoms with Crippen molar-refractivity contribution in [3.63, 3.8) is 0 Å². The Morgan fingerprint density at radius 3 is 3.00 bits per heavy atom. The molecule has 4 heteroatoms. The van der Waals surface area contributed by atoms with Gasteiger partial charge < -0.3 is 10.2 Å². The predicted octanol–water partition coefficient (Wildman–Crippen LogP) is 1.94. The molecule has 1 aromatic heterocycles. The Morgan fingerprint density at radius 2 is 2.35 bits per heavy atom. The summed E-state index contributed by atoms with van der Waals surface area (Å²) in [5, 5.41) is 0. The first-order valence-corrected chi connectivity index (χ1v) is 6.59. The molecule has 2 rings (SSSR count). The molecule has 0 spiro atoms. The van der Waals surface area contributed by atoms with Crippen molar-refractivity contribution in [3.8, 4) is 0 Å². The smallest absolute Gasteiger partial charge is 0.195 e. The molecule has 0 radical (unpaired) electrons. The maximum Gasteiger partial charge on any atom is 0.195 e. The number of nitrogens with zero attached hydrogens (tertiary/aromatic N) is 2. The summed E-state index contributed by atoms with van der Waals surface area (Å²) in [6.07, 6.45) is 6.47. The fraction of sp³-hybridized carbons (Fsp3) is 0.769. The van der Waals surface area contributed by atoms with Crippen LogP contribution in [0.5, 0.6) is 0 Å². The second-order valence-electron chi connectivity index (χ2n) is 5.12. The number of likely N-dealkylation sites (tertiary alicyclic amines) is 1. The summed E-state index contributed by atoms with van der Waals surface area (Å²) < 4.78 is 5.47. The first-order valence-electron chi connectivity index (χ1n) is 6.59. The third-order valence-electron chi connectivity index (χ3n) is 3.55. The molecule has 1 unspecified atom stereocenters. The minimum Gasteiger partial charge on any atom is -0.449 e. The van der Waals surface area contributed by atoms with Crippen LogP contribution in [0.15, 0.2) is 10.7 Å². The lowest BCUT2D eigenvalue weighted by Crippen LogP contribution is -2.45. The molecule has 0 aliphatic carbocycles. The summed E-state index contributed by atoms with van der Waals surface area (Å²) in [5.74, 6) is 0.836. The molecular weight excluding hydrogens is 214 g/mol. The Bertz CT molecular complexity index is 348. The van der Waals surface area contributed by atoms with Gasteiger partial charge >= 0.3 is 0 Å². The highest BCUT2D eigenvalue weighted by Crippen LogP contribution is 2.22. The molecular formula is C13H23N3O. The van der Waals surface area contributed by atoms with Gasteiger partial charge in [-0.3, -0.25) is 4.90 Å².